The number of pyridine rings is 2. The van der Waals surface area contributed by atoms with Crippen molar-refractivity contribution in [1.29, 1.82) is 0 Å². The zero-order chi connectivity index (χ0) is 20.7. The fourth-order valence-electron chi connectivity index (χ4n) is 2.24. The summed E-state index contributed by atoms with van der Waals surface area (Å²) in [5.41, 5.74) is -0.170. The van der Waals surface area contributed by atoms with Gasteiger partial charge in [-0.2, -0.15) is 13.2 Å². The maximum Gasteiger partial charge on any atom is 0.433 e. The molecular formula is C18H16F3N7O. The number of rotatable bonds is 7. The van der Waals surface area contributed by atoms with Gasteiger partial charge in [0.15, 0.2) is 5.82 Å². The summed E-state index contributed by atoms with van der Waals surface area (Å²) in [5, 5.41) is 16.7. The number of nitrogens with zero attached hydrogens (tertiary/aromatic N) is 4. The van der Waals surface area contributed by atoms with Gasteiger partial charge in [-0.3, -0.25) is 14.8 Å². The van der Waals surface area contributed by atoms with Crippen molar-refractivity contribution in [3.8, 4) is 0 Å². The lowest BCUT2D eigenvalue weighted by molar-refractivity contribution is -0.141. The maximum absolute atomic E-state index is 12.5. The molecule has 29 heavy (non-hydrogen) atoms. The highest BCUT2D eigenvalue weighted by Crippen LogP contribution is 2.27. The van der Waals surface area contributed by atoms with Crippen LogP contribution in [0.1, 0.15) is 16.1 Å². The van der Waals surface area contributed by atoms with Gasteiger partial charge in [0, 0.05) is 37.4 Å². The zero-order valence-corrected chi connectivity index (χ0v) is 14.9. The molecule has 8 nitrogen and oxygen atoms in total. The van der Waals surface area contributed by atoms with E-state index in [1.54, 1.807) is 36.7 Å². The molecule has 0 fully saturated rings. The van der Waals surface area contributed by atoms with Crippen molar-refractivity contribution in [2.24, 2.45) is 0 Å². The quantitative estimate of drug-likeness (QED) is 0.521. The first-order chi connectivity index (χ1) is 13.9. The van der Waals surface area contributed by atoms with Crippen LogP contribution in [0, 0.1) is 0 Å². The largest absolute Gasteiger partial charge is 0.433 e. The van der Waals surface area contributed by atoms with Crippen LogP contribution in [0.4, 0.5) is 30.5 Å². The van der Waals surface area contributed by atoms with Gasteiger partial charge in [0.25, 0.3) is 5.91 Å². The van der Waals surface area contributed by atoms with E-state index in [4.69, 9.17) is 0 Å². The normalized spacial score (nSPS) is 11.0. The predicted octanol–water partition coefficient (Wildman–Crippen LogP) is 2.87. The molecule has 3 aromatic heterocycles. The molecule has 0 saturated carbocycles. The van der Waals surface area contributed by atoms with E-state index in [2.05, 4.69) is 36.1 Å². The lowest BCUT2D eigenvalue weighted by Crippen LogP contribution is -2.29. The lowest BCUT2D eigenvalue weighted by atomic mass is 10.2. The minimum atomic E-state index is -4.54. The molecule has 0 spiro atoms. The first-order valence-corrected chi connectivity index (χ1v) is 8.48. The second-order valence-electron chi connectivity index (χ2n) is 5.78. The Kier molecular flexibility index (Phi) is 6.17. The van der Waals surface area contributed by atoms with E-state index in [1.807, 2.05) is 0 Å². The van der Waals surface area contributed by atoms with Crippen LogP contribution in [-0.2, 0) is 6.18 Å². The van der Waals surface area contributed by atoms with Gasteiger partial charge < -0.3 is 16.0 Å². The summed E-state index contributed by atoms with van der Waals surface area (Å²) in [6.45, 7) is 0.587. The van der Waals surface area contributed by atoms with E-state index in [0.29, 0.717) is 18.2 Å². The van der Waals surface area contributed by atoms with Gasteiger partial charge in [-0.1, -0.05) is 0 Å². The van der Waals surface area contributed by atoms with Crippen LogP contribution >= 0.6 is 0 Å². The Morgan fingerprint density at radius 1 is 0.931 bits per heavy atom. The highest BCUT2D eigenvalue weighted by atomic mass is 19.4. The fourth-order valence-corrected chi connectivity index (χ4v) is 2.24. The number of hydrogen-bond donors (Lipinski definition) is 3. The summed E-state index contributed by atoms with van der Waals surface area (Å²) in [5.74, 6) is 0.552. The standard InChI is InChI=1S/C18H16F3N7O/c19-18(20,21)14-2-1-12(11-25-14)17(29)24-10-9-23-15-3-4-16(28-27-15)26-13-5-7-22-8-6-13/h1-8,11H,9-10H2,(H,23,27)(H,24,29)(H,22,26,28). The Hall–Kier alpha value is -3.76. The van der Waals surface area contributed by atoms with Gasteiger partial charge in [0.05, 0.1) is 5.56 Å². The third kappa shape index (κ3) is 5.86. The van der Waals surface area contributed by atoms with Gasteiger partial charge in [-0.15, -0.1) is 10.2 Å². The highest BCUT2D eigenvalue weighted by molar-refractivity contribution is 5.93. The van der Waals surface area contributed by atoms with E-state index in [0.717, 1.165) is 24.0 Å². The molecule has 3 aromatic rings. The molecule has 0 aliphatic carbocycles. The molecule has 3 N–H and O–H groups in total. The summed E-state index contributed by atoms with van der Waals surface area (Å²) in [6, 6.07) is 8.90. The molecule has 0 unspecified atom stereocenters. The third-order valence-electron chi connectivity index (χ3n) is 3.65. The van der Waals surface area contributed by atoms with E-state index in [-0.39, 0.29) is 12.1 Å². The predicted molar refractivity (Wildman–Crippen MR) is 99.6 cm³/mol. The van der Waals surface area contributed by atoms with Crippen molar-refractivity contribution >= 4 is 23.2 Å². The average Bonchev–Trinajstić information content (AvgIpc) is 2.72. The number of anilines is 3. The Balaban J connectivity index is 1.42. The third-order valence-corrected chi connectivity index (χ3v) is 3.65. The van der Waals surface area contributed by atoms with Crippen LogP contribution in [-0.4, -0.2) is 39.2 Å². The van der Waals surface area contributed by atoms with Crippen LogP contribution in [0.25, 0.3) is 0 Å². The molecule has 11 heteroatoms. The molecule has 0 aromatic carbocycles. The summed E-state index contributed by atoms with van der Waals surface area (Å²) in [4.78, 5) is 19.1. The van der Waals surface area contributed by atoms with E-state index in [9.17, 15) is 18.0 Å². The van der Waals surface area contributed by atoms with E-state index >= 15 is 0 Å². The first-order valence-electron chi connectivity index (χ1n) is 8.48. The van der Waals surface area contributed by atoms with Crippen molar-refractivity contribution in [1.82, 2.24) is 25.5 Å². The van der Waals surface area contributed by atoms with Gasteiger partial charge in [-0.25, -0.2) is 0 Å². The zero-order valence-electron chi connectivity index (χ0n) is 14.9. The topological polar surface area (TPSA) is 105 Å². The van der Waals surface area contributed by atoms with Crippen molar-refractivity contribution in [3.63, 3.8) is 0 Å². The van der Waals surface area contributed by atoms with E-state index < -0.39 is 17.8 Å². The highest BCUT2D eigenvalue weighted by Gasteiger charge is 2.32. The Morgan fingerprint density at radius 2 is 1.66 bits per heavy atom. The first kappa shape index (κ1) is 20.0. The van der Waals surface area contributed by atoms with Gasteiger partial charge in [0.1, 0.15) is 11.5 Å². The van der Waals surface area contributed by atoms with Crippen molar-refractivity contribution < 1.29 is 18.0 Å². The number of nitrogens with one attached hydrogen (secondary N) is 3. The summed E-state index contributed by atoms with van der Waals surface area (Å²) in [7, 11) is 0. The fraction of sp³-hybridized carbons (Fsp3) is 0.167. The molecule has 0 aliphatic rings. The second-order valence-corrected chi connectivity index (χ2v) is 5.78. The van der Waals surface area contributed by atoms with Crippen molar-refractivity contribution in [3.05, 3.63) is 66.2 Å². The van der Waals surface area contributed by atoms with Crippen LogP contribution in [0.3, 0.4) is 0 Å². The summed E-state index contributed by atoms with van der Waals surface area (Å²) >= 11 is 0. The number of carbonyl (C=O) groups is 1. The number of aromatic nitrogens is 4. The van der Waals surface area contributed by atoms with Crippen molar-refractivity contribution in [2.45, 2.75) is 6.18 Å². The van der Waals surface area contributed by atoms with Crippen LogP contribution in [0.15, 0.2) is 55.0 Å². The number of amides is 1. The monoisotopic (exact) mass is 403 g/mol. The minimum absolute atomic E-state index is 0.0457. The van der Waals surface area contributed by atoms with Gasteiger partial charge in [-0.05, 0) is 36.4 Å². The number of halogens is 3. The van der Waals surface area contributed by atoms with Crippen LogP contribution < -0.4 is 16.0 Å². The molecule has 0 bridgehead atoms. The molecular weight excluding hydrogens is 387 g/mol. The van der Waals surface area contributed by atoms with E-state index in [1.165, 1.54) is 0 Å². The molecule has 0 saturated heterocycles. The van der Waals surface area contributed by atoms with Gasteiger partial charge >= 0.3 is 6.18 Å². The molecule has 3 rings (SSSR count). The number of alkyl halides is 3. The molecule has 150 valence electrons. The minimum Gasteiger partial charge on any atom is -0.367 e. The van der Waals surface area contributed by atoms with Gasteiger partial charge in [0.2, 0.25) is 0 Å². The Morgan fingerprint density at radius 3 is 2.28 bits per heavy atom. The summed E-state index contributed by atoms with van der Waals surface area (Å²) in [6.07, 6.45) is -0.337. The maximum atomic E-state index is 12.5. The second kappa shape index (κ2) is 8.95. The van der Waals surface area contributed by atoms with Crippen molar-refractivity contribution in [2.75, 3.05) is 23.7 Å². The molecule has 3 heterocycles. The number of hydrogen-bond acceptors (Lipinski definition) is 7. The number of carbonyl (C=O) groups excluding carboxylic acids is 1. The smallest absolute Gasteiger partial charge is 0.367 e. The average molecular weight is 403 g/mol. The molecule has 0 atom stereocenters. The molecule has 0 aliphatic heterocycles. The van der Waals surface area contributed by atoms with Crippen LogP contribution in [0.5, 0.6) is 0 Å². The Bertz CT molecular complexity index is 932. The van der Waals surface area contributed by atoms with Crippen LogP contribution in [0.2, 0.25) is 0 Å². The lowest BCUT2D eigenvalue weighted by Gasteiger charge is -2.09. The molecule has 0 radical (unpaired) electrons. The Labute approximate surface area is 163 Å². The SMILES string of the molecule is O=C(NCCNc1ccc(Nc2ccncc2)nn1)c1ccc(C(F)(F)F)nc1. The summed E-state index contributed by atoms with van der Waals surface area (Å²) < 4.78 is 37.4. The molecule has 1 amide bonds.